The summed E-state index contributed by atoms with van der Waals surface area (Å²) >= 11 is 0. The zero-order valence-electron chi connectivity index (χ0n) is 13.1. The van der Waals surface area contributed by atoms with Crippen molar-refractivity contribution in [1.29, 1.82) is 0 Å². The second-order valence-electron chi connectivity index (χ2n) is 5.96. The van der Waals surface area contributed by atoms with Gasteiger partial charge in [0.25, 0.3) is 0 Å². The minimum absolute atomic E-state index is 1.05. The fourth-order valence-corrected chi connectivity index (χ4v) is 2.79. The van der Waals surface area contributed by atoms with E-state index in [1.54, 1.807) is 0 Å². The van der Waals surface area contributed by atoms with E-state index in [-0.39, 0.29) is 0 Å². The minimum atomic E-state index is 1.05. The summed E-state index contributed by atoms with van der Waals surface area (Å²) in [4.78, 5) is 5.01. The van der Waals surface area contributed by atoms with Crippen LogP contribution in [0.4, 0.5) is 0 Å². The van der Waals surface area contributed by atoms with Crippen molar-refractivity contribution in [2.24, 2.45) is 0 Å². The number of hydrogen-bond donors (Lipinski definition) is 1. The lowest BCUT2D eigenvalue weighted by Crippen LogP contribution is -2.31. The van der Waals surface area contributed by atoms with Crippen molar-refractivity contribution in [2.45, 2.75) is 25.8 Å². The summed E-state index contributed by atoms with van der Waals surface area (Å²) in [6.07, 6.45) is 3.89. The Kier molecular flexibility index (Phi) is 6.51. The minimum Gasteiger partial charge on any atom is -0.319 e. The first kappa shape index (κ1) is 15.5. The van der Waals surface area contributed by atoms with Crippen LogP contribution in [0.1, 0.15) is 24.0 Å². The molecule has 1 aromatic rings. The van der Waals surface area contributed by atoms with Crippen LogP contribution in [0.5, 0.6) is 0 Å². The van der Waals surface area contributed by atoms with E-state index in [1.165, 1.54) is 50.1 Å². The van der Waals surface area contributed by atoms with E-state index in [4.69, 9.17) is 0 Å². The van der Waals surface area contributed by atoms with Crippen LogP contribution in [0.15, 0.2) is 24.3 Å². The van der Waals surface area contributed by atoms with Crippen molar-refractivity contribution < 1.29 is 0 Å². The fraction of sp³-hybridized carbons (Fsp3) is 0.647. The van der Waals surface area contributed by atoms with E-state index in [9.17, 15) is 0 Å². The van der Waals surface area contributed by atoms with Crippen LogP contribution in [0.25, 0.3) is 0 Å². The van der Waals surface area contributed by atoms with Gasteiger partial charge >= 0.3 is 0 Å². The smallest absolute Gasteiger partial charge is 0.0231 e. The van der Waals surface area contributed by atoms with Gasteiger partial charge in [0, 0.05) is 19.6 Å². The standard InChI is InChI=1S/C17H29N3/c1-18-10-9-16-5-7-17(8-6-16)15-19(2)13-14-20-11-3-4-12-20/h5-8,18H,3-4,9-15H2,1-2H3. The van der Waals surface area contributed by atoms with Crippen LogP contribution in [0, 0.1) is 0 Å². The van der Waals surface area contributed by atoms with Gasteiger partial charge in [0.05, 0.1) is 0 Å². The first-order valence-electron chi connectivity index (χ1n) is 7.91. The molecule has 1 aliphatic rings. The molecular weight excluding hydrogens is 246 g/mol. The van der Waals surface area contributed by atoms with Crippen LogP contribution < -0.4 is 5.32 Å². The Morgan fingerprint density at radius 1 is 1.10 bits per heavy atom. The fourth-order valence-electron chi connectivity index (χ4n) is 2.79. The molecule has 3 nitrogen and oxygen atoms in total. The van der Waals surface area contributed by atoms with Gasteiger partial charge < -0.3 is 15.1 Å². The lowest BCUT2D eigenvalue weighted by Gasteiger charge is -2.21. The molecule has 0 spiro atoms. The highest BCUT2D eigenvalue weighted by molar-refractivity contribution is 5.22. The van der Waals surface area contributed by atoms with Crippen molar-refractivity contribution in [3.05, 3.63) is 35.4 Å². The Morgan fingerprint density at radius 2 is 1.75 bits per heavy atom. The maximum absolute atomic E-state index is 3.19. The molecule has 0 saturated carbocycles. The molecule has 1 aliphatic heterocycles. The molecule has 3 heteroatoms. The number of likely N-dealkylation sites (N-methyl/N-ethyl adjacent to an activating group) is 2. The second kappa shape index (κ2) is 8.40. The molecule has 0 radical (unpaired) electrons. The van der Waals surface area contributed by atoms with Gasteiger partial charge in [-0.05, 0) is 64.1 Å². The summed E-state index contributed by atoms with van der Waals surface area (Å²) in [5.41, 5.74) is 2.84. The average molecular weight is 275 g/mol. The summed E-state index contributed by atoms with van der Waals surface area (Å²) in [6.45, 7) is 7.09. The monoisotopic (exact) mass is 275 g/mol. The molecule has 0 bridgehead atoms. The van der Waals surface area contributed by atoms with Gasteiger partial charge in [-0.15, -0.1) is 0 Å². The SMILES string of the molecule is CNCCc1ccc(CN(C)CCN2CCCC2)cc1. The summed E-state index contributed by atoms with van der Waals surface area (Å²) < 4.78 is 0. The third-order valence-electron chi connectivity index (χ3n) is 4.14. The Balaban J connectivity index is 1.71. The van der Waals surface area contributed by atoms with Crippen LogP contribution in [0.2, 0.25) is 0 Å². The molecule has 0 aromatic heterocycles. The van der Waals surface area contributed by atoms with Gasteiger partial charge in [0.15, 0.2) is 0 Å². The lowest BCUT2D eigenvalue weighted by atomic mass is 10.1. The lowest BCUT2D eigenvalue weighted by molar-refractivity contribution is 0.252. The summed E-state index contributed by atoms with van der Waals surface area (Å²) in [6, 6.07) is 9.08. The highest BCUT2D eigenvalue weighted by atomic mass is 15.2. The number of likely N-dealkylation sites (tertiary alicyclic amines) is 1. The Bertz CT molecular complexity index is 368. The molecule has 1 saturated heterocycles. The van der Waals surface area contributed by atoms with Crippen LogP contribution in [0.3, 0.4) is 0 Å². The summed E-state index contributed by atoms with van der Waals surface area (Å²) in [5.74, 6) is 0. The Hall–Kier alpha value is -0.900. The maximum Gasteiger partial charge on any atom is 0.0231 e. The largest absolute Gasteiger partial charge is 0.319 e. The van der Waals surface area contributed by atoms with Gasteiger partial charge in [-0.3, -0.25) is 0 Å². The van der Waals surface area contributed by atoms with Crippen LogP contribution in [-0.4, -0.2) is 56.6 Å². The molecule has 20 heavy (non-hydrogen) atoms. The molecule has 2 rings (SSSR count). The van der Waals surface area contributed by atoms with Gasteiger partial charge in [0.1, 0.15) is 0 Å². The molecule has 1 aromatic carbocycles. The number of rotatable bonds is 8. The molecule has 0 unspecified atom stereocenters. The number of hydrogen-bond acceptors (Lipinski definition) is 3. The highest BCUT2D eigenvalue weighted by Crippen LogP contribution is 2.09. The van der Waals surface area contributed by atoms with Gasteiger partial charge in [-0.2, -0.15) is 0 Å². The van der Waals surface area contributed by atoms with E-state index >= 15 is 0 Å². The number of nitrogens with zero attached hydrogens (tertiary/aromatic N) is 2. The van der Waals surface area contributed by atoms with Crippen LogP contribution >= 0.6 is 0 Å². The molecule has 0 aliphatic carbocycles. The summed E-state index contributed by atoms with van der Waals surface area (Å²) in [7, 11) is 4.23. The summed E-state index contributed by atoms with van der Waals surface area (Å²) in [5, 5.41) is 3.19. The quantitative estimate of drug-likeness (QED) is 0.782. The van der Waals surface area contributed by atoms with E-state index in [0.717, 1.165) is 19.5 Å². The van der Waals surface area contributed by atoms with Crippen LogP contribution in [-0.2, 0) is 13.0 Å². The van der Waals surface area contributed by atoms with E-state index < -0.39 is 0 Å². The van der Waals surface area contributed by atoms with E-state index in [0.29, 0.717) is 0 Å². The van der Waals surface area contributed by atoms with Crippen molar-refractivity contribution in [3.8, 4) is 0 Å². The zero-order chi connectivity index (χ0) is 14.2. The van der Waals surface area contributed by atoms with Gasteiger partial charge in [0.2, 0.25) is 0 Å². The third kappa shape index (κ3) is 5.23. The van der Waals surface area contributed by atoms with Crippen molar-refractivity contribution in [3.63, 3.8) is 0 Å². The highest BCUT2D eigenvalue weighted by Gasteiger charge is 2.11. The Labute approximate surface area is 124 Å². The molecule has 1 fully saturated rings. The number of nitrogens with one attached hydrogen (secondary N) is 1. The van der Waals surface area contributed by atoms with Gasteiger partial charge in [-0.25, -0.2) is 0 Å². The molecule has 0 amide bonds. The normalized spacial score (nSPS) is 16.1. The van der Waals surface area contributed by atoms with E-state index in [2.05, 4.69) is 46.4 Å². The molecular formula is C17H29N3. The van der Waals surface area contributed by atoms with Crippen molar-refractivity contribution in [2.75, 3.05) is 46.8 Å². The van der Waals surface area contributed by atoms with E-state index in [1.807, 2.05) is 7.05 Å². The van der Waals surface area contributed by atoms with Crippen molar-refractivity contribution in [1.82, 2.24) is 15.1 Å². The average Bonchev–Trinajstić information content (AvgIpc) is 2.98. The zero-order valence-corrected chi connectivity index (χ0v) is 13.1. The number of benzene rings is 1. The molecule has 0 atom stereocenters. The topological polar surface area (TPSA) is 18.5 Å². The predicted molar refractivity (Wildman–Crippen MR) is 86.1 cm³/mol. The first-order chi connectivity index (χ1) is 9.78. The third-order valence-corrected chi connectivity index (χ3v) is 4.14. The van der Waals surface area contributed by atoms with Crippen molar-refractivity contribution >= 4 is 0 Å². The first-order valence-corrected chi connectivity index (χ1v) is 7.91. The predicted octanol–water partition coefficient (Wildman–Crippen LogP) is 1.98. The second-order valence-corrected chi connectivity index (χ2v) is 5.96. The maximum atomic E-state index is 3.19. The molecule has 1 N–H and O–H groups in total. The van der Waals surface area contributed by atoms with Gasteiger partial charge in [-0.1, -0.05) is 24.3 Å². The Morgan fingerprint density at radius 3 is 2.40 bits per heavy atom. The molecule has 1 heterocycles. The molecule has 112 valence electrons.